The fourth-order valence-electron chi connectivity index (χ4n) is 1.29. The molecule has 0 saturated carbocycles. The van der Waals surface area contributed by atoms with Gasteiger partial charge in [-0.05, 0) is 0 Å². The molecule has 0 aliphatic carbocycles. The molecule has 1 aliphatic heterocycles. The molecule has 0 aromatic carbocycles. The standard InChI is InChI=1S/C2H4S.C2H4Te.4CH3.2Sn/c2*1-3-2;;;;;;/h2*1-2H2;4*1H3;;. The zero-order valence-electron chi connectivity index (χ0n) is 8.64. The van der Waals surface area contributed by atoms with Crippen molar-refractivity contribution in [3.63, 3.8) is 0 Å². The summed E-state index contributed by atoms with van der Waals surface area (Å²) in [6, 6.07) is 0. The van der Waals surface area contributed by atoms with Gasteiger partial charge in [-0.25, -0.2) is 0 Å². The van der Waals surface area contributed by atoms with Crippen molar-refractivity contribution in [3.8, 4) is 0 Å². The van der Waals surface area contributed by atoms with E-state index in [0.29, 0.717) is 20.9 Å². The van der Waals surface area contributed by atoms with Crippen LogP contribution in [0.4, 0.5) is 0 Å². The first-order valence-electron chi connectivity index (χ1n) is 4.57. The van der Waals surface area contributed by atoms with Gasteiger partial charge in [0.15, 0.2) is 0 Å². The van der Waals surface area contributed by atoms with Gasteiger partial charge in [0, 0.05) is 0 Å². The Kier molecular flexibility index (Phi) is 5.53. The summed E-state index contributed by atoms with van der Waals surface area (Å²) >= 11 is 0.0908. The van der Waals surface area contributed by atoms with Gasteiger partial charge in [-0.15, -0.1) is 0 Å². The summed E-state index contributed by atoms with van der Waals surface area (Å²) in [5.74, 6) is 0. The molecule has 0 unspecified atom stereocenters. The summed E-state index contributed by atoms with van der Waals surface area (Å²) in [5.41, 5.74) is 0. The average Bonchev–Trinajstić information content (AvgIpc) is 1.82. The fraction of sp³-hybridized carbons (Fsp3) is 1.00. The third-order valence-corrected chi connectivity index (χ3v) is 64.2. The Morgan fingerprint density at radius 2 is 1.33 bits per heavy atom. The van der Waals surface area contributed by atoms with Crippen LogP contribution in [0.15, 0.2) is 0 Å². The van der Waals surface area contributed by atoms with Crippen LogP contribution in [0, 0.1) is 0 Å². The fourth-order valence-corrected chi connectivity index (χ4v) is 69.5. The van der Waals surface area contributed by atoms with Crippen LogP contribution in [0.2, 0.25) is 24.7 Å². The molecule has 1 fully saturated rings. The molecule has 0 bridgehead atoms. The minimum atomic E-state index is -1.38. The predicted octanol–water partition coefficient (Wildman–Crippen LogP) is 2.85. The van der Waals surface area contributed by atoms with Gasteiger partial charge in [-0.2, -0.15) is 0 Å². The topological polar surface area (TPSA) is 0 Å². The maximum atomic E-state index is 2.67. The summed E-state index contributed by atoms with van der Waals surface area (Å²) < 4.78 is 6.87. The second kappa shape index (κ2) is 5.18. The molecule has 0 aromatic rings. The van der Waals surface area contributed by atoms with Crippen molar-refractivity contribution in [2.24, 2.45) is 0 Å². The molecule has 0 N–H and O–H groups in total. The summed E-state index contributed by atoms with van der Waals surface area (Å²) in [5, 5.41) is 0. The van der Waals surface area contributed by atoms with Crippen LogP contribution in [0.3, 0.4) is 0 Å². The van der Waals surface area contributed by atoms with E-state index >= 15 is 0 Å². The molecular weight excluding hydrogens is 493 g/mol. The Morgan fingerprint density at radius 3 is 1.75 bits per heavy atom. The number of hydrogen-bond donors (Lipinski definition) is 0. The molecule has 4 heteroatoms. The van der Waals surface area contributed by atoms with Crippen molar-refractivity contribution in [2.45, 2.75) is 24.7 Å². The molecule has 1 heterocycles. The molecule has 0 amide bonds. The molecule has 0 aromatic heterocycles. The van der Waals surface area contributed by atoms with Gasteiger partial charge < -0.3 is 0 Å². The molecule has 72 valence electrons. The van der Waals surface area contributed by atoms with E-state index in [0.717, 1.165) is 0 Å². The van der Waals surface area contributed by atoms with Crippen molar-refractivity contribution in [1.82, 2.24) is 0 Å². The zero-order chi connectivity index (χ0) is 9.24. The van der Waals surface area contributed by atoms with Gasteiger partial charge in [-0.3, -0.25) is 0 Å². The zero-order valence-corrected chi connectivity index (χ0v) is 17.5. The molecule has 1 aliphatic rings. The second-order valence-corrected chi connectivity index (χ2v) is 49.8. The van der Waals surface area contributed by atoms with Gasteiger partial charge in [0.2, 0.25) is 0 Å². The van der Waals surface area contributed by atoms with Gasteiger partial charge in [0.1, 0.15) is 0 Å². The number of hydrogen-bond acceptors (Lipinski definition) is 1. The van der Waals surface area contributed by atoms with Crippen LogP contribution in [0.1, 0.15) is 0 Å². The second-order valence-electron chi connectivity index (χ2n) is 5.31. The first-order valence-corrected chi connectivity index (χ1v) is 28.5. The first kappa shape index (κ1) is 12.8. The van der Waals surface area contributed by atoms with Crippen molar-refractivity contribution < 1.29 is 0 Å². The summed E-state index contributed by atoms with van der Waals surface area (Å²) in [7, 11) is 0. The van der Waals surface area contributed by atoms with Crippen LogP contribution in [0.5, 0.6) is 0 Å². The molecule has 1 rings (SSSR count). The van der Waals surface area contributed by atoms with Crippen LogP contribution < -0.4 is 0 Å². The minimum absolute atomic E-state index is 0.493. The predicted molar refractivity (Wildman–Crippen MR) is 67.7 cm³/mol. The number of thioether (sulfide) groups is 1. The normalized spacial score (nSPS) is 29.0. The quantitative estimate of drug-likeness (QED) is 0.450. The molecule has 0 spiro atoms. The Balaban J connectivity index is 2.45. The van der Waals surface area contributed by atoms with E-state index in [4.69, 9.17) is 0 Å². The Hall–Kier alpha value is 2.74. The van der Waals surface area contributed by atoms with E-state index in [1.54, 1.807) is 12.5 Å². The van der Waals surface area contributed by atoms with Crippen LogP contribution in [-0.4, -0.2) is 65.2 Å². The van der Waals surface area contributed by atoms with E-state index in [-0.39, 0.29) is 0 Å². The van der Waals surface area contributed by atoms with Crippen molar-refractivity contribution in [2.75, 3.05) is 7.54 Å². The Bertz CT molecular complexity index is 129. The van der Waals surface area contributed by atoms with E-state index in [9.17, 15) is 0 Å². The summed E-state index contributed by atoms with van der Waals surface area (Å²) in [6.45, 7) is 0. The Labute approximate surface area is 99.8 Å². The summed E-state index contributed by atoms with van der Waals surface area (Å²) in [4.78, 5) is 10.7. The molecule has 1 saturated heterocycles. The SMILES string of the molecule is [CH3][Sn]1([CH3])[CH2]S[CH2][Sn]([CH3])([CH3])[CH2][Te][CH2]1. The first-order chi connectivity index (χ1) is 5.41. The van der Waals surface area contributed by atoms with E-state index in [1.165, 1.54) is 0 Å². The van der Waals surface area contributed by atoms with E-state index in [2.05, 4.69) is 31.5 Å². The molecule has 0 nitrogen and oxygen atoms in total. The molecule has 0 atom stereocenters. The van der Waals surface area contributed by atoms with Crippen molar-refractivity contribution in [1.29, 1.82) is 0 Å². The van der Waals surface area contributed by atoms with Gasteiger partial charge in [0.25, 0.3) is 0 Å². The van der Waals surface area contributed by atoms with Crippen molar-refractivity contribution in [3.05, 3.63) is 0 Å². The molecule has 0 radical (unpaired) electrons. The van der Waals surface area contributed by atoms with E-state index in [1.807, 2.05) is 0 Å². The third kappa shape index (κ3) is 5.00. The summed E-state index contributed by atoms with van der Waals surface area (Å²) in [6.07, 6.45) is 0. The van der Waals surface area contributed by atoms with Crippen molar-refractivity contribution >= 4 is 69.4 Å². The average molecular weight is 513 g/mol. The molecule has 12 heavy (non-hydrogen) atoms. The maximum absolute atomic E-state index is 2.67. The molecular formula is C8H20SSn2Te. The van der Waals surface area contributed by atoms with E-state index < -0.39 is 36.8 Å². The van der Waals surface area contributed by atoms with Crippen LogP contribution >= 0.6 is 11.8 Å². The monoisotopic (exact) mass is 518 g/mol. The van der Waals surface area contributed by atoms with Crippen LogP contribution in [0.25, 0.3) is 0 Å². The third-order valence-electron chi connectivity index (χ3n) is 1.97. The van der Waals surface area contributed by atoms with Gasteiger partial charge in [0.05, 0.1) is 0 Å². The van der Waals surface area contributed by atoms with Gasteiger partial charge in [-0.1, -0.05) is 0 Å². The number of rotatable bonds is 0. The Morgan fingerprint density at radius 1 is 0.917 bits per heavy atom. The van der Waals surface area contributed by atoms with Gasteiger partial charge >= 0.3 is 102 Å². The van der Waals surface area contributed by atoms with Crippen LogP contribution in [-0.2, 0) is 0 Å².